The molecule has 1 heterocycles. The molecule has 1 fully saturated rings. The molecule has 11 nitrogen and oxygen atoms in total. The van der Waals surface area contributed by atoms with Crippen LogP contribution >= 0.6 is 31.9 Å². The number of sulfonamides is 1. The maximum atomic E-state index is 13.3. The smallest absolute Gasteiger partial charge is 0.407 e. The summed E-state index contributed by atoms with van der Waals surface area (Å²) in [6.45, 7) is 1.07. The molecule has 0 spiro atoms. The Bertz CT molecular complexity index is 1480. The molecule has 45 heavy (non-hydrogen) atoms. The summed E-state index contributed by atoms with van der Waals surface area (Å²) in [5.74, 6) is -0.204. The van der Waals surface area contributed by atoms with Gasteiger partial charge in [-0.2, -0.15) is 4.72 Å². The molecule has 3 N–H and O–H groups in total. The fraction of sp³-hybridized carbons (Fsp3) is 0.355. The van der Waals surface area contributed by atoms with Crippen LogP contribution in [0.4, 0.5) is 4.79 Å². The van der Waals surface area contributed by atoms with Gasteiger partial charge in [0.15, 0.2) is 6.29 Å². The van der Waals surface area contributed by atoms with E-state index in [9.17, 15) is 18.0 Å². The number of benzene rings is 3. The highest BCUT2D eigenvalue weighted by atomic mass is 79.9. The van der Waals surface area contributed by atoms with Crippen LogP contribution in [0.25, 0.3) is 0 Å². The summed E-state index contributed by atoms with van der Waals surface area (Å²) in [5, 5.41) is 2.62. The SMILES string of the molecule is O=C(NCCC[C@@H](NS(=O)(=O)c1ccc(OCc2cc(Br)cc(Br)c2)cc1)C(=O)NOC1CCCCO1)OCc1ccccc1. The van der Waals surface area contributed by atoms with E-state index < -0.39 is 34.4 Å². The molecule has 0 radical (unpaired) electrons. The lowest BCUT2D eigenvalue weighted by molar-refractivity contribution is -0.201. The second kappa shape index (κ2) is 17.6. The van der Waals surface area contributed by atoms with E-state index in [4.69, 9.17) is 19.0 Å². The first kappa shape index (κ1) is 34.9. The Morgan fingerprint density at radius 2 is 1.67 bits per heavy atom. The molecule has 242 valence electrons. The maximum Gasteiger partial charge on any atom is 0.407 e. The van der Waals surface area contributed by atoms with E-state index in [0.29, 0.717) is 18.8 Å². The van der Waals surface area contributed by atoms with Gasteiger partial charge in [-0.15, -0.1) is 0 Å². The first-order valence-corrected chi connectivity index (χ1v) is 17.5. The Morgan fingerprint density at radius 3 is 2.36 bits per heavy atom. The number of carbonyl (C=O) groups is 2. The van der Waals surface area contributed by atoms with Gasteiger partial charge in [-0.25, -0.2) is 23.5 Å². The summed E-state index contributed by atoms with van der Waals surface area (Å²) < 4.78 is 47.3. The van der Waals surface area contributed by atoms with Crippen LogP contribution in [-0.4, -0.2) is 45.9 Å². The van der Waals surface area contributed by atoms with Gasteiger partial charge in [0.05, 0.1) is 4.90 Å². The molecule has 2 atom stereocenters. The van der Waals surface area contributed by atoms with Gasteiger partial charge >= 0.3 is 6.09 Å². The summed E-state index contributed by atoms with van der Waals surface area (Å²) in [7, 11) is -4.11. The van der Waals surface area contributed by atoms with Crippen molar-refractivity contribution in [1.82, 2.24) is 15.5 Å². The second-order valence-corrected chi connectivity index (χ2v) is 13.8. The van der Waals surface area contributed by atoms with Crippen LogP contribution in [0, 0.1) is 0 Å². The predicted molar refractivity (Wildman–Crippen MR) is 173 cm³/mol. The van der Waals surface area contributed by atoms with E-state index in [-0.39, 0.29) is 37.5 Å². The highest BCUT2D eigenvalue weighted by molar-refractivity contribution is 9.11. The molecule has 3 aromatic rings. The Hall–Kier alpha value is -3.01. The first-order chi connectivity index (χ1) is 21.7. The zero-order valence-corrected chi connectivity index (χ0v) is 28.4. The number of alkyl carbamates (subject to hydrolysis) is 1. The number of carbonyl (C=O) groups excluding carboxylic acids is 2. The third-order valence-electron chi connectivity index (χ3n) is 6.66. The number of rotatable bonds is 15. The summed E-state index contributed by atoms with van der Waals surface area (Å²) in [5.41, 5.74) is 4.10. The van der Waals surface area contributed by atoms with Gasteiger partial charge in [0.2, 0.25) is 10.0 Å². The van der Waals surface area contributed by atoms with Crippen molar-refractivity contribution in [3.8, 4) is 5.75 Å². The standard InChI is InChI=1S/C31H35Br2N3O8S/c32-24-17-23(18-25(33)19-24)21-42-26-11-13-27(14-12-26)45(39,40)36-28(30(37)35-44-29-10-4-5-16-41-29)9-6-15-34-31(38)43-20-22-7-2-1-3-8-22/h1-3,7-8,11-14,17-19,28-29,36H,4-6,9-10,15-16,20-21H2,(H,34,38)(H,35,37)/t28-,29?/m1/s1. The third-order valence-corrected chi connectivity index (χ3v) is 9.06. The topological polar surface area (TPSA) is 141 Å². The lowest BCUT2D eigenvalue weighted by Gasteiger charge is -2.24. The number of ether oxygens (including phenoxy) is 3. The van der Waals surface area contributed by atoms with Gasteiger partial charge < -0.3 is 19.5 Å². The van der Waals surface area contributed by atoms with Crippen molar-refractivity contribution < 1.29 is 37.1 Å². The number of hydroxylamine groups is 1. The van der Waals surface area contributed by atoms with Gasteiger partial charge in [-0.3, -0.25) is 4.79 Å². The molecule has 1 saturated heterocycles. The van der Waals surface area contributed by atoms with E-state index in [2.05, 4.69) is 47.4 Å². The molecule has 14 heteroatoms. The average Bonchev–Trinajstić information content (AvgIpc) is 3.04. The van der Waals surface area contributed by atoms with Crippen LogP contribution in [0.15, 0.2) is 86.6 Å². The highest BCUT2D eigenvalue weighted by Gasteiger charge is 2.27. The summed E-state index contributed by atoms with van der Waals surface area (Å²) >= 11 is 6.89. The van der Waals surface area contributed by atoms with Crippen LogP contribution < -0.4 is 20.3 Å². The fourth-order valence-electron chi connectivity index (χ4n) is 4.34. The van der Waals surface area contributed by atoms with Crippen molar-refractivity contribution in [2.75, 3.05) is 13.2 Å². The van der Waals surface area contributed by atoms with Gasteiger partial charge in [-0.1, -0.05) is 62.2 Å². The van der Waals surface area contributed by atoms with Crippen molar-refractivity contribution in [2.45, 2.75) is 62.5 Å². The van der Waals surface area contributed by atoms with E-state index >= 15 is 0 Å². The molecule has 3 aromatic carbocycles. The molecule has 0 aliphatic carbocycles. The largest absolute Gasteiger partial charge is 0.489 e. The monoisotopic (exact) mass is 767 g/mol. The van der Waals surface area contributed by atoms with E-state index in [0.717, 1.165) is 32.9 Å². The number of nitrogens with one attached hydrogen (secondary N) is 3. The summed E-state index contributed by atoms with van der Waals surface area (Å²) in [6.07, 6.45) is 1.53. The van der Waals surface area contributed by atoms with Crippen molar-refractivity contribution >= 4 is 53.9 Å². The molecule has 1 aliphatic rings. The van der Waals surface area contributed by atoms with Crippen molar-refractivity contribution in [2.24, 2.45) is 0 Å². The number of amides is 2. The van der Waals surface area contributed by atoms with E-state index in [1.165, 1.54) is 12.1 Å². The molecule has 0 saturated carbocycles. The van der Waals surface area contributed by atoms with Crippen LogP contribution in [0.1, 0.15) is 43.2 Å². The minimum atomic E-state index is -4.11. The molecular weight excluding hydrogens is 734 g/mol. The molecule has 2 amide bonds. The molecule has 0 bridgehead atoms. The average molecular weight is 770 g/mol. The van der Waals surface area contributed by atoms with E-state index in [1.54, 1.807) is 12.1 Å². The van der Waals surface area contributed by atoms with E-state index in [1.807, 2.05) is 48.5 Å². The minimum absolute atomic E-state index is 0.0444. The summed E-state index contributed by atoms with van der Waals surface area (Å²) in [6, 6.07) is 19.7. The Kier molecular flexibility index (Phi) is 13.6. The molecule has 1 unspecified atom stereocenters. The zero-order valence-electron chi connectivity index (χ0n) is 24.4. The Morgan fingerprint density at radius 1 is 0.933 bits per heavy atom. The van der Waals surface area contributed by atoms with Crippen molar-refractivity contribution in [3.63, 3.8) is 0 Å². The lowest BCUT2D eigenvalue weighted by atomic mass is 10.1. The van der Waals surface area contributed by atoms with Gasteiger partial charge in [0.1, 0.15) is 25.0 Å². The minimum Gasteiger partial charge on any atom is -0.489 e. The molecule has 1 aliphatic heterocycles. The molecular formula is C31H35Br2N3O8S. The summed E-state index contributed by atoms with van der Waals surface area (Å²) in [4.78, 5) is 30.5. The fourth-order valence-corrected chi connectivity index (χ4v) is 6.96. The van der Waals surface area contributed by atoms with Crippen molar-refractivity contribution in [3.05, 3.63) is 92.9 Å². The molecule has 0 aromatic heterocycles. The number of halogens is 2. The van der Waals surface area contributed by atoms with Crippen LogP contribution in [0.3, 0.4) is 0 Å². The van der Waals surface area contributed by atoms with Crippen LogP contribution in [0.5, 0.6) is 5.75 Å². The van der Waals surface area contributed by atoms with Crippen molar-refractivity contribution in [1.29, 1.82) is 0 Å². The van der Waals surface area contributed by atoms with Gasteiger partial charge in [0, 0.05) is 28.5 Å². The number of hydrogen-bond acceptors (Lipinski definition) is 8. The first-order valence-electron chi connectivity index (χ1n) is 14.4. The van der Waals surface area contributed by atoms with Crippen LogP contribution in [-0.2, 0) is 42.3 Å². The maximum absolute atomic E-state index is 13.3. The zero-order chi connectivity index (χ0) is 32.1. The Labute approximate surface area is 279 Å². The van der Waals surface area contributed by atoms with Crippen LogP contribution in [0.2, 0.25) is 0 Å². The quantitative estimate of drug-likeness (QED) is 0.132. The number of hydrogen-bond donors (Lipinski definition) is 3. The third kappa shape index (κ3) is 12.0. The second-order valence-electron chi connectivity index (χ2n) is 10.2. The van der Waals surface area contributed by atoms with Gasteiger partial charge in [0.25, 0.3) is 5.91 Å². The Balaban J connectivity index is 1.32. The lowest BCUT2D eigenvalue weighted by Crippen LogP contribution is -2.48. The normalized spacial score (nSPS) is 15.6. The van der Waals surface area contributed by atoms with Gasteiger partial charge in [-0.05, 0) is 79.3 Å². The molecule has 4 rings (SSSR count). The highest BCUT2D eigenvalue weighted by Crippen LogP contribution is 2.23. The predicted octanol–water partition coefficient (Wildman–Crippen LogP) is 5.72.